The molecule has 0 aliphatic heterocycles. The Bertz CT molecular complexity index is 358. The van der Waals surface area contributed by atoms with E-state index in [4.69, 9.17) is 0 Å². The van der Waals surface area contributed by atoms with E-state index in [1.807, 2.05) is 0 Å². The summed E-state index contributed by atoms with van der Waals surface area (Å²) in [4.78, 5) is 11.4. The minimum atomic E-state index is -0.777. The fraction of sp³-hybridized carbons (Fsp3) is 0.417. The van der Waals surface area contributed by atoms with E-state index < -0.39 is 6.10 Å². The van der Waals surface area contributed by atoms with Gasteiger partial charge in [0.1, 0.15) is 11.6 Å². The number of aliphatic hydroxyl groups is 1. The molecule has 1 fully saturated rings. The predicted octanol–water partition coefficient (Wildman–Crippen LogP) is 2.23. The highest BCUT2D eigenvalue weighted by molar-refractivity contribution is 5.83. The summed E-state index contributed by atoms with van der Waals surface area (Å²) in [6.07, 6.45) is 1.36. The van der Waals surface area contributed by atoms with Crippen molar-refractivity contribution in [3.8, 4) is 0 Å². The quantitative estimate of drug-likeness (QED) is 0.809. The summed E-state index contributed by atoms with van der Waals surface area (Å²) in [6.45, 7) is 0. The number of ketones is 1. The Kier molecular flexibility index (Phi) is 2.82. The van der Waals surface area contributed by atoms with E-state index in [1.54, 1.807) is 0 Å². The lowest BCUT2D eigenvalue weighted by atomic mass is 9.94. The molecule has 1 aromatic rings. The Morgan fingerprint density at radius 3 is 2.53 bits per heavy atom. The van der Waals surface area contributed by atoms with Gasteiger partial charge in [0.15, 0.2) is 0 Å². The standard InChI is InChI=1S/C12H13FO2/c13-9-6-4-8(5-7-9)12(15)10-2-1-3-11(10)14/h4-7,10,12,15H,1-3H2. The van der Waals surface area contributed by atoms with Crippen molar-refractivity contribution < 1.29 is 14.3 Å². The molecule has 0 bridgehead atoms. The van der Waals surface area contributed by atoms with Gasteiger partial charge >= 0.3 is 0 Å². The number of rotatable bonds is 2. The number of hydrogen-bond donors (Lipinski definition) is 1. The third-order valence-electron chi connectivity index (χ3n) is 2.94. The monoisotopic (exact) mass is 208 g/mol. The minimum Gasteiger partial charge on any atom is -0.388 e. The molecule has 0 aromatic heterocycles. The lowest BCUT2D eigenvalue weighted by Crippen LogP contribution is -2.16. The molecule has 80 valence electrons. The fourth-order valence-electron chi connectivity index (χ4n) is 2.07. The van der Waals surface area contributed by atoms with E-state index >= 15 is 0 Å². The van der Waals surface area contributed by atoms with Gasteiger partial charge in [-0.05, 0) is 30.5 Å². The zero-order valence-electron chi connectivity index (χ0n) is 8.32. The lowest BCUT2D eigenvalue weighted by Gasteiger charge is -2.16. The molecule has 0 spiro atoms. The van der Waals surface area contributed by atoms with Crippen LogP contribution in [0, 0.1) is 11.7 Å². The third-order valence-corrected chi connectivity index (χ3v) is 2.94. The van der Waals surface area contributed by atoms with Crippen molar-refractivity contribution in [2.45, 2.75) is 25.4 Å². The van der Waals surface area contributed by atoms with E-state index in [1.165, 1.54) is 24.3 Å². The van der Waals surface area contributed by atoms with Crippen LogP contribution >= 0.6 is 0 Å². The van der Waals surface area contributed by atoms with Crippen LogP contribution in [0.3, 0.4) is 0 Å². The van der Waals surface area contributed by atoms with Crippen LogP contribution in [0.25, 0.3) is 0 Å². The molecule has 0 amide bonds. The zero-order chi connectivity index (χ0) is 10.8. The van der Waals surface area contributed by atoms with Crippen LogP contribution in [-0.2, 0) is 4.79 Å². The van der Waals surface area contributed by atoms with Crippen LogP contribution in [0.1, 0.15) is 30.9 Å². The molecule has 2 atom stereocenters. The summed E-state index contributed by atoms with van der Waals surface area (Å²) in [5, 5.41) is 9.94. The average molecular weight is 208 g/mol. The first-order valence-electron chi connectivity index (χ1n) is 5.15. The van der Waals surface area contributed by atoms with Crippen molar-refractivity contribution in [3.05, 3.63) is 35.6 Å². The van der Waals surface area contributed by atoms with E-state index in [-0.39, 0.29) is 17.5 Å². The highest BCUT2D eigenvalue weighted by Crippen LogP contribution is 2.32. The number of Topliss-reactive ketones (excluding diaryl/α,β-unsaturated/α-hetero) is 1. The summed E-state index contributed by atoms with van der Waals surface area (Å²) in [5.74, 6) is -0.508. The Morgan fingerprint density at radius 2 is 2.00 bits per heavy atom. The molecular formula is C12H13FO2. The van der Waals surface area contributed by atoms with Crippen molar-refractivity contribution in [3.63, 3.8) is 0 Å². The third kappa shape index (κ3) is 2.07. The van der Waals surface area contributed by atoms with Gasteiger partial charge in [0, 0.05) is 12.3 Å². The van der Waals surface area contributed by atoms with Crippen LogP contribution in [0.5, 0.6) is 0 Å². The average Bonchev–Trinajstić information content (AvgIpc) is 2.65. The van der Waals surface area contributed by atoms with Crippen LogP contribution < -0.4 is 0 Å². The van der Waals surface area contributed by atoms with Gasteiger partial charge in [0.05, 0.1) is 6.10 Å². The Morgan fingerprint density at radius 1 is 1.33 bits per heavy atom. The molecule has 15 heavy (non-hydrogen) atoms. The van der Waals surface area contributed by atoms with Crippen molar-refractivity contribution >= 4 is 5.78 Å². The number of carbonyl (C=O) groups excluding carboxylic acids is 1. The summed E-state index contributed by atoms with van der Waals surface area (Å²) in [6, 6.07) is 5.67. The predicted molar refractivity (Wildman–Crippen MR) is 53.7 cm³/mol. The van der Waals surface area contributed by atoms with Crippen molar-refractivity contribution in [2.24, 2.45) is 5.92 Å². The molecule has 3 heteroatoms. The maximum Gasteiger partial charge on any atom is 0.138 e. The summed E-state index contributed by atoms with van der Waals surface area (Å²) >= 11 is 0. The van der Waals surface area contributed by atoms with Crippen LogP contribution in [-0.4, -0.2) is 10.9 Å². The summed E-state index contributed by atoms with van der Waals surface area (Å²) in [7, 11) is 0. The molecule has 0 saturated heterocycles. The maximum atomic E-state index is 12.7. The molecule has 0 radical (unpaired) electrons. The van der Waals surface area contributed by atoms with Crippen LogP contribution in [0.4, 0.5) is 4.39 Å². The second-order valence-electron chi connectivity index (χ2n) is 3.96. The van der Waals surface area contributed by atoms with E-state index in [9.17, 15) is 14.3 Å². The second kappa shape index (κ2) is 4.11. The SMILES string of the molecule is O=C1CCCC1C(O)c1ccc(F)cc1. The first kappa shape index (κ1) is 10.3. The number of hydrogen-bond acceptors (Lipinski definition) is 2. The van der Waals surface area contributed by atoms with Crippen molar-refractivity contribution in [1.29, 1.82) is 0 Å². The fourth-order valence-corrected chi connectivity index (χ4v) is 2.07. The molecule has 1 N–H and O–H groups in total. The van der Waals surface area contributed by atoms with E-state index in [2.05, 4.69) is 0 Å². The zero-order valence-corrected chi connectivity index (χ0v) is 8.32. The van der Waals surface area contributed by atoms with Crippen LogP contribution in [0.2, 0.25) is 0 Å². The molecule has 1 aromatic carbocycles. The topological polar surface area (TPSA) is 37.3 Å². The Labute approximate surface area is 87.7 Å². The van der Waals surface area contributed by atoms with Gasteiger partial charge in [0.2, 0.25) is 0 Å². The van der Waals surface area contributed by atoms with E-state index in [0.717, 1.165) is 12.8 Å². The molecule has 1 aliphatic rings. The number of benzene rings is 1. The summed E-state index contributed by atoms with van der Waals surface area (Å²) < 4.78 is 12.7. The second-order valence-corrected chi connectivity index (χ2v) is 3.96. The van der Waals surface area contributed by atoms with Gasteiger partial charge < -0.3 is 5.11 Å². The normalized spacial score (nSPS) is 23.1. The van der Waals surface area contributed by atoms with Crippen molar-refractivity contribution in [2.75, 3.05) is 0 Å². The van der Waals surface area contributed by atoms with Gasteiger partial charge in [-0.15, -0.1) is 0 Å². The van der Waals surface area contributed by atoms with Gasteiger partial charge in [-0.2, -0.15) is 0 Å². The van der Waals surface area contributed by atoms with Gasteiger partial charge in [0.25, 0.3) is 0 Å². The molecule has 1 saturated carbocycles. The summed E-state index contributed by atoms with van der Waals surface area (Å²) in [5.41, 5.74) is 0.622. The number of halogens is 1. The van der Waals surface area contributed by atoms with E-state index in [0.29, 0.717) is 12.0 Å². The molecule has 0 heterocycles. The van der Waals surface area contributed by atoms with Gasteiger partial charge in [-0.3, -0.25) is 4.79 Å². The Hall–Kier alpha value is -1.22. The number of aliphatic hydroxyl groups excluding tert-OH is 1. The molecule has 2 nitrogen and oxygen atoms in total. The number of carbonyl (C=O) groups is 1. The molecule has 2 unspecified atom stereocenters. The highest BCUT2D eigenvalue weighted by atomic mass is 19.1. The van der Waals surface area contributed by atoms with Gasteiger partial charge in [-0.1, -0.05) is 12.1 Å². The van der Waals surface area contributed by atoms with Gasteiger partial charge in [-0.25, -0.2) is 4.39 Å². The minimum absolute atomic E-state index is 0.117. The maximum absolute atomic E-state index is 12.7. The lowest BCUT2D eigenvalue weighted by molar-refractivity contribution is -0.123. The van der Waals surface area contributed by atoms with Crippen molar-refractivity contribution in [1.82, 2.24) is 0 Å². The Balaban J connectivity index is 2.16. The van der Waals surface area contributed by atoms with Crippen LogP contribution in [0.15, 0.2) is 24.3 Å². The smallest absolute Gasteiger partial charge is 0.138 e. The highest BCUT2D eigenvalue weighted by Gasteiger charge is 2.31. The largest absolute Gasteiger partial charge is 0.388 e. The first-order valence-corrected chi connectivity index (χ1v) is 5.15. The molecule has 2 rings (SSSR count). The first-order chi connectivity index (χ1) is 7.18. The molecular weight excluding hydrogens is 195 g/mol. The molecule has 1 aliphatic carbocycles.